The van der Waals surface area contributed by atoms with Gasteiger partial charge in [-0.05, 0) is 29.3 Å². The molecule has 1 unspecified atom stereocenters. The number of ketones is 3. The van der Waals surface area contributed by atoms with Crippen LogP contribution in [0, 0.1) is 5.41 Å². The van der Waals surface area contributed by atoms with Crippen molar-refractivity contribution in [2.75, 3.05) is 12.0 Å². The van der Waals surface area contributed by atoms with Crippen molar-refractivity contribution in [3.8, 4) is 5.75 Å². The van der Waals surface area contributed by atoms with Gasteiger partial charge in [-0.3, -0.25) is 14.4 Å². The smallest absolute Gasteiger partial charge is 0.185 e. The highest BCUT2D eigenvalue weighted by atomic mass is 16.5. The molecule has 1 spiro atoms. The minimum atomic E-state index is -1.50. The molecule has 4 aromatic carbocycles. The van der Waals surface area contributed by atoms with Gasteiger partial charge in [-0.2, -0.15) is 0 Å². The molecule has 1 saturated heterocycles. The Hall–Kier alpha value is -4.77. The van der Waals surface area contributed by atoms with Crippen molar-refractivity contribution in [3.63, 3.8) is 0 Å². The first kappa shape index (κ1) is 23.4. The van der Waals surface area contributed by atoms with Gasteiger partial charge in [0.1, 0.15) is 17.2 Å². The average molecular weight is 512 g/mol. The number of hydrogen-bond acceptors (Lipinski definition) is 5. The van der Waals surface area contributed by atoms with E-state index in [9.17, 15) is 14.4 Å². The lowest BCUT2D eigenvalue weighted by molar-refractivity contribution is 0.0666. The van der Waals surface area contributed by atoms with E-state index >= 15 is 0 Å². The van der Waals surface area contributed by atoms with Crippen LogP contribution in [-0.4, -0.2) is 36.5 Å². The number of para-hydroxylation sites is 1. The predicted molar refractivity (Wildman–Crippen MR) is 150 cm³/mol. The molecule has 7 rings (SSSR count). The molecule has 2 heterocycles. The largest absolute Gasteiger partial charge is 0.497 e. The topological polar surface area (TPSA) is 63.7 Å². The number of anilines is 1. The van der Waals surface area contributed by atoms with E-state index in [4.69, 9.17) is 4.74 Å². The lowest BCUT2D eigenvalue weighted by Gasteiger charge is -2.37. The summed E-state index contributed by atoms with van der Waals surface area (Å²) in [6.45, 7) is 0. The standard InChI is InChI=1S/C34H25NO4/c1-39-24-18-15-22(16-19-24)29-30(31(36)23-10-3-2-4-11-23)35-27-14-8-5-9-21(27)17-20-28(35)34(29)32(37)25-12-6-7-13-26(25)33(34)38/h2-20,28-30H,1H3/t28?,29-,30+/m0/s1. The number of ether oxygens (including phenoxy) is 1. The lowest BCUT2D eigenvalue weighted by atomic mass is 9.64. The average Bonchev–Trinajstić information content (AvgIpc) is 3.43. The SMILES string of the molecule is COc1ccc([C@H]2[C@H](C(=O)c3ccccc3)N3c4ccccc4C=CC3C23C(=O)c2ccccc2C3=O)cc1. The first-order valence-corrected chi connectivity index (χ1v) is 13.0. The van der Waals surface area contributed by atoms with Gasteiger partial charge in [0.05, 0.1) is 13.2 Å². The minimum Gasteiger partial charge on any atom is -0.497 e. The third kappa shape index (κ3) is 3.10. The van der Waals surface area contributed by atoms with Crippen LogP contribution in [0.2, 0.25) is 0 Å². The van der Waals surface area contributed by atoms with E-state index in [1.165, 1.54) is 0 Å². The number of Topliss-reactive ketones (excluding diaryl/α,β-unsaturated/α-hetero) is 3. The molecule has 5 heteroatoms. The monoisotopic (exact) mass is 511 g/mol. The highest BCUT2D eigenvalue weighted by Gasteiger charge is 2.71. The molecule has 3 aliphatic rings. The van der Waals surface area contributed by atoms with Crippen LogP contribution in [0.3, 0.4) is 0 Å². The number of rotatable bonds is 4. The van der Waals surface area contributed by atoms with Gasteiger partial charge in [-0.1, -0.05) is 97.1 Å². The van der Waals surface area contributed by atoms with E-state index in [2.05, 4.69) is 0 Å². The summed E-state index contributed by atoms with van der Waals surface area (Å²) in [5.74, 6) is -0.658. The van der Waals surface area contributed by atoms with Crippen LogP contribution in [-0.2, 0) is 0 Å². The summed E-state index contributed by atoms with van der Waals surface area (Å²) < 4.78 is 5.40. The summed E-state index contributed by atoms with van der Waals surface area (Å²) in [6.07, 6.45) is 3.92. The van der Waals surface area contributed by atoms with Crippen molar-refractivity contribution < 1.29 is 19.1 Å². The zero-order chi connectivity index (χ0) is 26.7. The summed E-state index contributed by atoms with van der Waals surface area (Å²) in [7, 11) is 1.59. The summed E-state index contributed by atoms with van der Waals surface area (Å²) in [5.41, 5.74) is 2.41. The van der Waals surface area contributed by atoms with Crippen LogP contribution in [0.15, 0.2) is 109 Å². The van der Waals surface area contributed by atoms with Crippen LogP contribution >= 0.6 is 0 Å². The van der Waals surface area contributed by atoms with Crippen LogP contribution in [0.1, 0.15) is 48.1 Å². The van der Waals surface area contributed by atoms with E-state index in [0.717, 1.165) is 16.8 Å². The summed E-state index contributed by atoms with van der Waals surface area (Å²) in [6, 6.07) is 30.0. The Morgan fingerprint density at radius 2 is 1.38 bits per heavy atom. The molecule has 0 amide bonds. The first-order chi connectivity index (χ1) is 19.1. The normalized spacial score (nSPS) is 22.0. The number of nitrogens with zero attached hydrogens (tertiary/aromatic N) is 1. The van der Waals surface area contributed by atoms with Crippen molar-refractivity contribution in [1.29, 1.82) is 0 Å². The number of benzene rings is 4. The van der Waals surface area contributed by atoms with Gasteiger partial charge in [0, 0.05) is 28.3 Å². The Bertz CT molecular complexity index is 1640. The maximum atomic E-state index is 14.6. The Balaban J connectivity index is 1.54. The highest BCUT2D eigenvalue weighted by Crippen LogP contribution is 2.61. The number of fused-ring (bicyclic) bond motifs is 5. The van der Waals surface area contributed by atoms with E-state index in [-0.39, 0.29) is 17.3 Å². The zero-order valence-electron chi connectivity index (χ0n) is 21.3. The molecule has 0 radical (unpaired) electrons. The molecule has 3 atom stereocenters. The van der Waals surface area contributed by atoms with Gasteiger partial charge in [-0.25, -0.2) is 0 Å². The second-order valence-electron chi connectivity index (χ2n) is 10.3. The molecule has 0 saturated carbocycles. The molecule has 190 valence electrons. The van der Waals surface area contributed by atoms with Crippen molar-refractivity contribution in [1.82, 2.24) is 0 Å². The van der Waals surface area contributed by atoms with E-state index in [0.29, 0.717) is 22.4 Å². The molecule has 39 heavy (non-hydrogen) atoms. The van der Waals surface area contributed by atoms with Gasteiger partial charge >= 0.3 is 0 Å². The zero-order valence-corrected chi connectivity index (χ0v) is 21.3. The quantitative estimate of drug-likeness (QED) is 0.248. The van der Waals surface area contributed by atoms with Crippen molar-refractivity contribution in [3.05, 3.63) is 137 Å². The fourth-order valence-electron chi connectivity index (χ4n) is 6.87. The number of hydrogen-bond donors (Lipinski definition) is 0. The van der Waals surface area contributed by atoms with Gasteiger partial charge in [0.25, 0.3) is 0 Å². The fourth-order valence-corrected chi connectivity index (χ4v) is 6.87. The lowest BCUT2D eigenvalue weighted by Crippen LogP contribution is -2.48. The minimum absolute atomic E-state index is 0.125. The van der Waals surface area contributed by atoms with Gasteiger partial charge in [0.15, 0.2) is 17.3 Å². The van der Waals surface area contributed by atoms with Crippen LogP contribution in [0.25, 0.3) is 6.08 Å². The van der Waals surface area contributed by atoms with E-state index in [1.807, 2.05) is 83.8 Å². The summed E-state index contributed by atoms with van der Waals surface area (Å²) in [4.78, 5) is 45.7. The summed E-state index contributed by atoms with van der Waals surface area (Å²) >= 11 is 0. The second kappa shape index (κ2) is 8.63. The Morgan fingerprint density at radius 3 is 2.05 bits per heavy atom. The van der Waals surface area contributed by atoms with Crippen molar-refractivity contribution in [2.24, 2.45) is 5.41 Å². The van der Waals surface area contributed by atoms with E-state index in [1.54, 1.807) is 43.5 Å². The molecule has 0 N–H and O–H groups in total. The maximum absolute atomic E-state index is 14.6. The third-order valence-electron chi connectivity index (χ3n) is 8.51. The number of methoxy groups -OCH3 is 1. The third-order valence-corrected chi connectivity index (χ3v) is 8.51. The molecule has 4 aromatic rings. The van der Waals surface area contributed by atoms with Gasteiger partial charge in [-0.15, -0.1) is 0 Å². The molecule has 1 aliphatic carbocycles. The molecule has 0 bridgehead atoms. The molecular weight excluding hydrogens is 486 g/mol. The number of carbonyl (C=O) groups is 3. The maximum Gasteiger partial charge on any atom is 0.185 e. The van der Waals surface area contributed by atoms with Crippen LogP contribution in [0.5, 0.6) is 5.75 Å². The molecular formula is C34H25NO4. The Labute approximate surface area is 226 Å². The predicted octanol–water partition coefficient (Wildman–Crippen LogP) is 6.01. The molecule has 1 fully saturated rings. The number of carbonyl (C=O) groups excluding carboxylic acids is 3. The van der Waals surface area contributed by atoms with E-state index < -0.39 is 23.4 Å². The first-order valence-electron chi connectivity index (χ1n) is 13.0. The van der Waals surface area contributed by atoms with Crippen molar-refractivity contribution >= 4 is 29.1 Å². The molecule has 5 nitrogen and oxygen atoms in total. The second-order valence-corrected chi connectivity index (χ2v) is 10.3. The Kier molecular flexibility index (Phi) is 5.17. The van der Waals surface area contributed by atoms with Gasteiger partial charge in [0.2, 0.25) is 0 Å². The van der Waals surface area contributed by atoms with Crippen LogP contribution < -0.4 is 9.64 Å². The fraction of sp³-hybridized carbons (Fsp3) is 0.147. The summed E-state index contributed by atoms with van der Waals surface area (Å²) in [5, 5.41) is 0. The van der Waals surface area contributed by atoms with Crippen molar-refractivity contribution in [2.45, 2.75) is 18.0 Å². The Morgan fingerprint density at radius 1 is 0.769 bits per heavy atom. The highest BCUT2D eigenvalue weighted by molar-refractivity contribution is 6.32. The molecule has 0 aromatic heterocycles. The molecule has 2 aliphatic heterocycles. The van der Waals surface area contributed by atoms with Gasteiger partial charge < -0.3 is 9.64 Å². The van der Waals surface area contributed by atoms with Crippen LogP contribution in [0.4, 0.5) is 5.69 Å².